The van der Waals surface area contributed by atoms with Gasteiger partial charge in [0.05, 0.1) is 7.11 Å². The zero-order valence-corrected chi connectivity index (χ0v) is 9.01. The van der Waals surface area contributed by atoms with Crippen LogP contribution in [0.25, 0.3) is 0 Å². The summed E-state index contributed by atoms with van der Waals surface area (Å²) in [5.74, 6) is -0.390. The summed E-state index contributed by atoms with van der Waals surface area (Å²) in [6.07, 6.45) is 2.21. The molecule has 1 fully saturated rings. The molecule has 16 heavy (non-hydrogen) atoms. The molecule has 0 saturated carbocycles. The highest BCUT2D eigenvalue weighted by Gasteiger charge is 2.19. The maximum atomic E-state index is 11.0. The molecular weight excluding hydrogens is 210 g/mol. The van der Waals surface area contributed by atoms with Crippen LogP contribution < -0.4 is 9.64 Å². The Hall–Kier alpha value is -1.85. The summed E-state index contributed by atoms with van der Waals surface area (Å²) in [4.78, 5) is 13.0. The molecule has 0 bridgehead atoms. The van der Waals surface area contributed by atoms with E-state index in [1.165, 1.54) is 13.2 Å². The van der Waals surface area contributed by atoms with E-state index in [0.717, 1.165) is 25.9 Å². The molecule has 0 radical (unpaired) electrons. The molecular formula is C10H13N3O3. The molecule has 0 unspecified atom stereocenters. The van der Waals surface area contributed by atoms with Crippen LogP contribution in [0.15, 0.2) is 6.07 Å². The van der Waals surface area contributed by atoms with Gasteiger partial charge in [0.2, 0.25) is 5.88 Å². The van der Waals surface area contributed by atoms with Crippen LogP contribution in [0.1, 0.15) is 23.2 Å². The number of hydrogen-bond donors (Lipinski definition) is 1. The maximum absolute atomic E-state index is 11.0. The van der Waals surface area contributed by atoms with E-state index in [2.05, 4.69) is 10.2 Å². The van der Waals surface area contributed by atoms with Crippen molar-refractivity contribution in [3.63, 3.8) is 0 Å². The molecule has 0 aromatic carbocycles. The Morgan fingerprint density at radius 3 is 2.69 bits per heavy atom. The molecule has 6 nitrogen and oxygen atoms in total. The lowest BCUT2D eigenvalue weighted by molar-refractivity contribution is 0.0692. The standard InChI is InChI=1S/C10H13N3O3/c1-16-9-7(10(14)15)6-8(11-12-9)13-4-2-3-5-13/h6H,2-5H2,1H3,(H,14,15). The molecule has 1 N–H and O–H groups in total. The van der Waals surface area contributed by atoms with E-state index in [4.69, 9.17) is 9.84 Å². The third-order valence-corrected chi connectivity index (χ3v) is 2.60. The number of rotatable bonds is 3. The number of carboxylic acid groups (broad SMARTS) is 1. The largest absolute Gasteiger partial charge is 0.479 e. The summed E-state index contributed by atoms with van der Waals surface area (Å²) in [5.41, 5.74) is 0.0550. The third-order valence-electron chi connectivity index (χ3n) is 2.60. The van der Waals surface area contributed by atoms with Crippen molar-refractivity contribution >= 4 is 11.8 Å². The molecule has 1 aromatic heterocycles. The van der Waals surface area contributed by atoms with E-state index in [9.17, 15) is 4.79 Å². The summed E-state index contributed by atoms with van der Waals surface area (Å²) in [6, 6.07) is 1.51. The highest BCUT2D eigenvalue weighted by atomic mass is 16.5. The summed E-state index contributed by atoms with van der Waals surface area (Å²) in [7, 11) is 1.38. The summed E-state index contributed by atoms with van der Waals surface area (Å²) < 4.78 is 4.85. The molecule has 2 rings (SSSR count). The van der Waals surface area contributed by atoms with Gasteiger partial charge in [-0.15, -0.1) is 10.2 Å². The SMILES string of the molecule is COc1nnc(N2CCCC2)cc1C(=O)O. The minimum atomic E-state index is -1.05. The van der Waals surface area contributed by atoms with Crippen molar-refractivity contribution in [1.82, 2.24) is 10.2 Å². The fourth-order valence-corrected chi connectivity index (χ4v) is 1.77. The molecule has 1 aromatic rings. The van der Waals surface area contributed by atoms with Gasteiger partial charge in [-0.3, -0.25) is 0 Å². The molecule has 0 aliphatic carbocycles. The zero-order valence-electron chi connectivity index (χ0n) is 9.01. The van der Waals surface area contributed by atoms with Gasteiger partial charge in [-0.1, -0.05) is 0 Å². The quantitative estimate of drug-likeness (QED) is 0.816. The number of ether oxygens (including phenoxy) is 1. The van der Waals surface area contributed by atoms with Crippen LogP contribution in [0, 0.1) is 0 Å². The van der Waals surface area contributed by atoms with Crippen molar-refractivity contribution in [2.45, 2.75) is 12.8 Å². The minimum absolute atomic E-state index is 0.0513. The number of carbonyl (C=O) groups is 1. The minimum Gasteiger partial charge on any atom is -0.479 e. The molecule has 0 spiro atoms. The number of hydrogen-bond acceptors (Lipinski definition) is 5. The Labute approximate surface area is 92.9 Å². The first-order valence-corrected chi connectivity index (χ1v) is 5.12. The van der Waals surface area contributed by atoms with Gasteiger partial charge in [0, 0.05) is 19.2 Å². The average molecular weight is 223 g/mol. The number of anilines is 1. The van der Waals surface area contributed by atoms with E-state index in [1.807, 2.05) is 4.90 Å². The number of carboxylic acids is 1. The Balaban J connectivity index is 2.34. The Kier molecular flexibility index (Phi) is 2.89. The van der Waals surface area contributed by atoms with E-state index in [1.54, 1.807) is 0 Å². The van der Waals surface area contributed by atoms with Crippen molar-refractivity contribution in [3.8, 4) is 5.88 Å². The maximum Gasteiger partial charge on any atom is 0.341 e. The summed E-state index contributed by atoms with van der Waals surface area (Å²) in [5, 5.41) is 16.7. The highest BCUT2D eigenvalue weighted by molar-refractivity contribution is 5.90. The summed E-state index contributed by atoms with van der Waals surface area (Å²) in [6.45, 7) is 1.81. The Morgan fingerprint density at radius 1 is 1.44 bits per heavy atom. The van der Waals surface area contributed by atoms with E-state index in [0.29, 0.717) is 5.82 Å². The van der Waals surface area contributed by atoms with Crippen LogP contribution in [0.5, 0.6) is 5.88 Å². The predicted molar refractivity (Wildman–Crippen MR) is 57.0 cm³/mol. The molecule has 1 aliphatic heterocycles. The molecule has 1 aliphatic rings. The first kappa shape index (κ1) is 10.7. The van der Waals surface area contributed by atoms with Gasteiger partial charge in [0.15, 0.2) is 5.82 Å². The number of methoxy groups -OCH3 is 1. The van der Waals surface area contributed by atoms with Crippen LogP contribution in [0.3, 0.4) is 0 Å². The monoisotopic (exact) mass is 223 g/mol. The predicted octanol–water partition coefficient (Wildman–Crippen LogP) is 0.784. The lowest BCUT2D eigenvalue weighted by atomic mass is 10.3. The van der Waals surface area contributed by atoms with Gasteiger partial charge in [-0.2, -0.15) is 0 Å². The van der Waals surface area contributed by atoms with Crippen molar-refractivity contribution < 1.29 is 14.6 Å². The second-order valence-corrected chi connectivity index (χ2v) is 3.62. The normalized spacial score (nSPS) is 15.2. The molecule has 2 heterocycles. The smallest absolute Gasteiger partial charge is 0.341 e. The van der Waals surface area contributed by atoms with Crippen molar-refractivity contribution in [2.24, 2.45) is 0 Å². The molecule has 86 valence electrons. The number of aromatic nitrogens is 2. The Morgan fingerprint density at radius 2 is 2.12 bits per heavy atom. The van der Waals surface area contributed by atoms with E-state index >= 15 is 0 Å². The first-order chi connectivity index (χ1) is 7.72. The highest BCUT2D eigenvalue weighted by Crippen LogP contribution is 2.22. The molecule has 0 atom stereocenters. The topological polar surface area (TPSA) is 75.6 Å². The Bertz CT molecular complexity index is 402. The van der Waals surface area contributed by atoms with Crippen molar-refractivity contribution in [3.05, 3.63) is 11.6 Å². The van der Waals surface area contributed by atoms with E-state index in [-0.39, 0.29) is 11.4 Å². The van der Waals surface area contributed by atoms with Gasteiger partial charge in [-0.05, 0) is 12.8 Å². The van der Waals surface area contributed by atoms with Crippen LogP contribution in [0.4, 0.5) is 5.82 Å². The second kappa shape index (κ2) is 4.34. The third kappa shape index (κ3) is 1.91. The van der Waals surface area contributed by atoms with Gasteiger partial charge < -0.3 is 14.7 Å². The van der Waals surface area contributed by atoms with Gasteiger partial charge in [0.1, 0.15) is 5.56 Å². The van der Waals surface area contributed by atoms with Crippen LogP contribution in [0.2, 0.25) is 0 Å². The lowest BCUT2D eigenvalue weighted by Crippen LogP contribution is -2.20. The van der Waals surface area contributed by atoms with Crippen molar-refractivity contribution in [1.29, 1.82) is 0 Å². The zero-order chi connectivity index (χ0) is 11.5. The number of nitrogens with zero attached hydrogens (tertiary/aromatic N) is 3. The number of aromatic carboxylic acids is 1. The second-order valence-electron chi connectivity index (χ2n) is 3.62. The van der Waals surface area contributed by atoms with Gasteiger partial charge in [-0.25, -0.2) is 4.79 Å². The molecule has 1 saturated heterocycles. The van der Waals surface area contributed by atoms with Crippen LogP contribution in [-0.2, 0) is 0 Å². The first-order valence-electron chi connectivity index (χ1n) is 5.12. The van der Waals surface area contributed by atoms with Crippen molar-refractivity contribution in [2.75, 3.05) is 25.1 Å². The fraction of sp³-hybridized carbons (Fsp3) is 0.500. The summed E-state index contributed by atoms with van der Waals surface area (Å²) >= 11 is 0. The molecule has 0 amide bonds. The van der Waals surface area contributed by atoms with Gasteiger partial charge in [0.25, 0.3) is 0 Å². The van der Waals surface area contributed by atoms with E-state index < -0.39 is 5.97 Å². The fourth-order valence-electron chi connectivity index (χ4n) is 1.77. The lowest BCUT2D eigenvalue weighted by Gasteiger charge is -2.16. The molecule has 6 heteroatoms. The van der Waals surface area contributed by atoms with Crippen LogP contribution in [-0.4, -0.2) is 41.5 Å². The van der Waals surface area contributed by atoms with Gasteiger partial charge >= 0.3 is 5.97 Å². The van der Waals surface area contributed by atoms with Crippen LogP contribution >= 0.6 is 0 Å². The average Bonchev–Trinajstić information content (AvgIpc) is 2.81.